The molecule has 2 aliphatic rings. The van der Waals surface area contributed by atoms with Crippen LogP contribution in [0.1, 0.15) is 30.5 Å². The molecule has 3 nitrogen and oxygen atoms in total. The lowest BCUT2D eigenvalue weighted by molar-refractivity contribution is 0.471. The van der Waals surface area contributed by atoms with Gasteiger partial charge in [-0.25, -0.2) is 0 Å². The molecule has 2 aliphatic heterocycles. The normalized spacial score (nSPS) is 13.3. The van der Waals surface area contributed by atoms with Gasteiger partial charge in [0.05, 0.1) is 22.7 Å². The third kappa shape index (κ3) is 5.34. The molecule has 0 saturated heterocycles. The minimum Gasteiger partial charge on any atom is -0.453 e. The minimum absolute atomic E-state index is 0.305. The van der Waals surface area contributed by atoms with E-state index < -0.39 is 0 Å². The van der Waals surface area contributed by atoms with Crippen molar-refractivity contribution in [2.45, 2.75) is 26.2 Å². The average molecular weight is 709 g/mol. The number of benzene rings is 8. The van der Waals surface area contributed by atoms with Gasteiger partial charge in [-0.05, 0) is 100.0 Å². The zero-order valence-corrected chi connectivity index (χ0v) is 31.2. The molecule has 0 atom stereocenters. The van der Waals surface area contributed by atoms with Crippen LogP contribution in [-0.2, 0) is 5.41 Å². The van der Waals surface area contributed by atoms with Crippen LogP contribution in [0.25, 0.3) is 33.4 Å². The standard InChI is InChI=1S/C52H40N2O/c1-35-16-12-28-47-50(35)54-46-27-14-24-43(49(46)52(2,3)44-25-15-29-48(55-47)51(44)54)39-21-13-22-41(34-39)53(40-32-30-37(31-33-40)36-17-6-4-7-18-36)45-26-11-10-23-42(45)38-19-8-5-9-20-38/h4-34H,1-3H3. The Morgan fingerprint density at radius 1 is 0.473 bits per heavy atom. The van der Waals surface area contributed by atoms with E-state index in [2.05, 4.69) is 219 Å². The highest BCUT2D eigenvalue weighted by atomic mass is 16.5. The molecule has 0 saturated carbocycles. The first-order chi connectivity index (χ1) is 27.0. The molecule has 0 amide bonds. The summed E-state index contributed by atoms with van der Waals surface area (Å²) < 4.78 is 6.58. The van der Waals surface area contributed by atoms with Crippen molar-refractivity contribution >= 4 is 34.1 Å². The van der Waals surface area contributed by atoms with Gasteiger partial charge < -0.3 is 14.5 Å². The molecular formula is C52H40N2O. The van der Waals surface area contributed by atoms with Gasteiger partial charge in [0.25, 0.3) is 0 Å². The average Bonchev–Trinajstić information content (AvgIpc) is 3.23. The van der Waals surface area contributed by atoms with Crippen LogP contribution in [0.4, 0.5) is 34.1 Å². The maximum absolute atomic E-state index is 6.58. The number of fused-ring (bicyclic) bond motifs is 4. The smallest absolute Gasteiger partial charge is 0.151 e. The van der Waals surface area contributed by atoms with Crippen molar-refractivity contribution in [3.8, 4) is 44.9 Å². The SMILES string of the molecule is Cc1cccc2c1N1c3cccc(-c4cccc(N(c5ccc(-c6ccccc6)cc5)c5ccccc5-c5ccccc5)c4)c3C(C)(C)c3cccc(c31)O2. The number of anilines is 6. The monoisotopic (exact) mass is 708 g/mol. The maximum Gasteiger partial charge on any atom is 0.151 e. The lowest BCUT2D eigenvalue weighted by Gasteiger charge is -2.46. The maximum atomic E-state index is 6.58. The van der Waals surface area contributed by atoms with Crippen molar-refractivity contribution in [3.05, 3.63) is 205 Å². The van der Waals surface area contributed by atoms with E-state index in [1.165, 1.54) is 55.8 Å². The van der Waals surface area contributed by atoms with E-state index in [4.69, 9.17) is 4.74 Å². The zero-order chi connectivity index (χ0) is 37.1. The molecule has 8 aromatic rings. The Balaban J connectivity index is 1.16. The number of hydrogen-bond donors (Lipinski definition) is 0. The van der Waals surface area contributed by atoms with E-state index in [0.717, 1.165) is 39.9 Å². The molecule has 10 rings (SSSR count). The molecule has 55 heavy (non-hydrogen) atoms. The summed E-state index contributed by atoms with van der Waals surface area (Å²) in [5.41, 5.74) is 17.3. The first-order valence-electron chi connectivity index (χ1n) is 19.0. The summed E-state index contributed by atoms with van der Waals surface area (Å²) in [6.07, 6.45) is 0. The Labute approximate surface area is 323 Å². The summed E-state index contributed by atoms with van der Waals surface area (Å²) in [4.78, 5) is 4.85. The lowest BCUT2D eigenvalue weighted by atomic mass is 9.70. The molecule has 0 aromatic heterocycles. The highest BCUT2D eigenvalue weighted by Gasteiger charge is 2.43. The van der Waals surface area contributed by atoms with Crippen molar-refractivity contribution in [2.24, 2.45) is 0 Å². The van der Waals surface area contributed by atoms with Crippen LogP contribution in [0.5, 0.6) is 11.5 Å². The molecular weight excluding hydrogens is 669 g/mol. The summed E-state index contributed by atoms with van der Waals surface area (Å²) in [6.45, 7) is 6.89. The Morgan fingerprint density at radius 3 is 1.85 bits per heavy atom. The molecule has 0 N–H and O–H groups in total. The van der Waals surface area contributed by atoms with E-state index in [-0.39, 0.29) is 5.41 Å². The first-order valence-corrected chi connectivity index (χ1v) is 19.0. The fourth-order valence-electron chi connectivity index (χ4n) is 8.77. The number of rotatable bonds is 6. The van der Waals surface area contributed by atoms with E-state index >= 15 is 0 Å². The summed E-state index contributed by atoms with van der Waals surface area (Å²) in [7, 11) is 0. The van der Waals surface area contributed by atoms with Crippen LogP contribution < -0.4 is 14.5 Å². The van der Waals surface area contributed by atoms with Gasteiger partial charge in [0.1, 0.15) is 0 Å². The number of nitrogens with zero attached hydrogens (tertiary/aromatic N) is 2. The quantitative estimate of drug-likeness (QED) is 0.171. The van der Waals surface area contributed by atoms with Crippen molar-refractivity contribution in [2.75, 3.05) is 9.80 Å². The molecule has 3 heteroatoms. The Morgan fingerprint density at radius 2 is 1.07 bits per heavy atom. The van der Waals surface area contributed by atoms with Gasteiger partial charge in [0, 0.05) is 22.4 Å². The lowest BCUT2D eigenvalue weighted by Crippen LogP contribution is -2.33. The predicted molar refractivity (Wildman–Crippen MR) is 229 cm³/mol. The first kappa shape index (κ1) is 32.8. The molecule has 0 spiro atoms. The molecule has 0 aliphatic carbocycles. The number of aryl methyl sites for hydroxylation is 1. The minimum atomic E-state index is -0.305. The van der Waals surface area contributed by atoms with Gasteiger partial charge in [-0.1, -0.05) is 153 Å². The predicted octanol–water partition coefficient (Wildman–Crippen LogP) is 14.7. The second-order valence-corrected chi connectivity index (χ2v) is 15.0. The van der Waals surface area contributed by atoms with E-state index in [1.54, 1.807) is 0 Å². The van der Waals surface area contributed by atoms with Crippen LogP contribution in [0, 0.1) is 6.92 Å². The highest BCUT2D eigenvalue weighted by molar-refractivity contribution is 5.97. The number of para-hydroxylation sites is 3. The van der Waals surface area contributed by atoms with Gasteiger partial charge >= 0.3 is 0 Å². The number of hydrogen-bond acceptors (Lipinski definition) is 3. The third-order valence-corrected chi connectivity index (χ3v) is 11.3. The second kappa shape index (κ2) is 12.9. The van der Waals surface area contributed by atoms with Gasteiger partial charge in [-0.3, -0.25) is 0 Å². The van der Waals surface area contributed by atoms with Gasteiger partial charge in [-0.15, -0.1) is 0 Å². The van der Waals surface area contributed by atoms with E-state index in [0.29, 0.717) is 0 Å². The third-order valence-electron chi connectivity index (χ3n) is 11.3. The van der Waals surface area contributed by atoms with Crippen LogP contribution in [0.15, 0.2) is 188 Å². The number of ether oxygens (including phenoxy) is 1. The Bertz CT molecular complexity index is 2720. The Hall–Kier alpha value is -6.84. The van der Waals surface area contributed by atoms with Gasteiger partial charge in [0.2, 0.25) is 0 Å². The van der Waals surface area contributed by atoms with Crippen LogP contribution >= 0.6 is 0 Å². The molecule has 2 heterocycles. The van der Waals surface area contributed by atoms with Crippen LogP contribution in [-0.4, -0.2) is 0 Å². The van der Waals surface area contributed by atoms with Crippen molar-refractivity contribution < 1.29 is 4.74 Å². The molecule has 0 unspecified atom stereocenters. The zero-order valence-electron chi connectivity index (χ0n) is 31.2. The van der Waals surface area contributed by atoms with Crippen molar-refractivity contribution in [1.82, 2.24) is 0 Å². The highest BCUT2D eigenvalue weighted by Crippen LogP contribution is 2.61. The molecule has 0 bridgehead atoms. The van der Waals surface area contributed by atoms with Crippen molar-refractivity contribution in [1.29, 1.82) is 0 Å². The summed E-state index contributed by atoms with van der Waals surface area (Å²) >= 11 is 0. The van der Waals surface area contributed by atoms with Crippen molar-refractivity contribution in [3.63, 3.8) is 0 Å². The summed E-state index contributed by atoms with van der Waals surface area (Å²) in [6, 6.07) is 67.7. The summed E-state index contributed by atoms with van der Waals surface area (Å²) in [5, 5.41) is 0. The fourth-order valence-corrected chi connectivity index (χ4v) is 8.77. The topological polar surface area (TPSA) is 15.7 Å². The second-order valence-electron chi connectivity index (χ2n) is 15.0. The van der Waals surface area contributed by atoms with E-state index in [9.17, 15) is 0 Å². The van der Waals surface area contributed by atoms with E-state index in [1.807, 2.05) is 0 Å². The van der Waals surface area contributed by atoms with Gasteiger partial charge in [-0.2, -0.15) is 0 Å². The Kier molecular flexibility index (Phi) is 7.71. The summed E-state index contributed by atoms with van der Waals surface area (Å²) in [5.74, 6) is 1.78. The molecule has 264 valence electrons. The largest absolute Gasteiger partial charge is 0.453 e. The molecule has 0 fully saturated rings. The molecule has 8 aromatic carbocycles. The van der Waals surface area contributed by atoms with Gasteiger partial charge in [0.15, 0.2) is 11.5 Å². The molecule has 0 radical (unpaired) electrons. The fraction of sp³-hybridized carbons (Fsp3) is 0.0769. The van der Waals surface area contributed by atoms with Crippen LogP contribution in [0.3, 0.4) is 0 Å². The van der Waals surface area contributed by atoms with Crippen LogP contribution in [0.2, 0.25) is 0 Å².